The SMILES string of the molecule is Cc1ccc(S(=O)(=O)OC(COCc2ccccc2)COC2CCNC2)cc1. The molecule has 0 amide bonds. The van der Waals surface area contributed by atoms with E-state index < -0.39 is 16.2 Å². The monoisotopic (exact) mass is 405 g/mol. The van der Waals surface area contributed by atoms with Gasteiger partial charge in [-0.3, -0.25) is 4.18 Å². The van der Waals surface area contributed by atoms with Gasteiger partial charge in [0.1, 0.15) is 6.10 Å². The Morgan fingerprint density at radius 1 is 1.07 bits per heavy atom. The maximum absolute atomic E-state index is 12.6. The van der Waals surface area contributed by atoms with E-state index >= 15 is 0 Å². The zero-order valence-electron chi connectivity index (χ0n) is 16.0. The maximum Gasteiger partial charge on any atom is 0.297 e. The van der Waals surface area contributed by atoms with Gasteiger partial charge in [0, 0.05) is 6.54 Å². The topological polar surface area (TPSA) is 73.9 Å². The van der Waals surface area contributed by atoms with E-state index in [9.17, 15) is 8.42 Å². The predicted octanol–water partition coefficient (Wildman–Crippen LogP) is 2.66. The molecule has 2 aromatic rings. The standard InChI is InChI=1S/C21H27NO5S/c1-17-7-9-21(10-8-17)28(23,24)27-20(16-26-19-11-12-22-13-19)15-25-14-18-5-3-2-4-6-18/h2-10,19-20,22H,11-16H2,1H3. The fourth-order valence-corrected chi connectivity index (χ4v) is 3.99. The largest absolute Gasteiger partial charge is 0.374 e. The highest BCUT2D eigenvalue weighted by atomic mass is 32.2. The van der Waals surface area contributed by atoms with Crippen molar-refractivity contribution in [3.8, 4) is 0 Å². The van der Waals surface area contributed by atoms with Crippen LogP contribution in [0.1, 0.15) is 17.5 Å². The lowest BCUT2D eigenvalue weighted by atomic mass is 10.2. The van der Waals surface area contributed by atoms with Gasteiger partial charge in [-0.05, 0) is 37.6 Å². The molecule has 2 aromatic carbocycles. The summed E-state index contributed by atoms with van der Waals surface area (Å²) in [4.78, 5) is 0.133. The van der Waals surface area contributed by atoms with Gasteiger partial charge in [0.15, 0.2) is 0 Å². The molecule has 6 nitrogen and oxygen atoms in total. The summed E-state index contributed by atoms with van der Waals surface area (Å²) < 4.78 is 42.3. The summed E-state index contributed by atoms with van der Waals surface area (Å²) >= 11 is 0. The summed E-state index contributed by atoms with van der Waals surface area (Å²) in [6.07, 6.45) is 0.264. The first-order chi connectivity index (χ1) is 13.5. The lowest BCUT2D eigenvalue weighted by molar-refractivity contribution is -0.0296. The second-order valence-electron chi connectivity index (χ2n) is 6.93. The first-order valence-electron chi connectivity index (χ1n) is 9.47. The average molecular weight is 406 g/mol. The molecule has 0 aromatic heterocycles. The van der Waals surface area contributed by atoms with Gasteiger partial charge < -0.3 is 14.8 Å². The Labute approximate surface area is 166 Å². The number of nitrogens with one attached hydrogen (secondary N) is 1. The Balaban J connectivity index is 1.61. The van der Waals surface area contributed by atoms with Crippen LogP contribution >= 0.6 is 0 Å². The molecule has 0 spiro atoms. The molecule has 3 rings (SSSR count). The number of hydrogen-bond donors (Lipinski definition) is 1. The molecule has 1 heterocycles. The van der Waals surface area contributed by atoms with Crippen LogP contribution in [-0.2, 0) is 30.4 Å². The van der Waals surface area contributed by atoms with Gasteiger partial charge in [-0.2, -0.15) is 8.42 Å². The summed E-state index contributed by atoms with van der Waals surface area (Å²) in [5.74, 6) is 0. The van der Waals surface area contributed by atoms with Crippen LogP contribution < -0.4 is 5.32 Å². The molecule has 1 fully saturated rings. The summed E-state index contributed by atoms with van der Waals surface area (Å²) in [6.45, 7) is 4.24. The summed E-state index contributed by atoms with van der Waals surface area (Å²) in [6, 6.07) is 16.3. The molecule has 2 unspecified atom stereocenters. The van der Waals surface area contributed by atoms with Crippen molar-refractivity contribution in [2.24, 2.45) is 0 Å². The van der Waals surface area contributed by atoms with Crippen LogP contribution in [0.4, 0.5) is 0 Å². The average Bonchev–Trinajstić information content (AvgIpc) is 3.21. The van der Waals surface area contributed by atoms with Gasteiger partial charge in [-0.1, -0.05) is 48.0 Å². The van der Waals surface area contributed by atoms with Crippen LogP contribution in [0.2, 0.25) is 0 Å². The molecule has 0 bridgehead atoms. The second-order valence-corrected chi connectivity index (χ2v) is 8.51. The molecule has 1 saturated heterocycles. The van der Waals surface area contributed by atoms with Crippen molar-refractivity contribution in [3.63, 3.8) is 0 Å². The highest BCUT2D eigenvalue weighted by molar-refractivity contribution is 7.86. The van der Waals surface area contributed by atoms with Crippen LogP contribution in [0.25, 0.3) is 0 Å². The molecular weight excluding hydrogens is 378 g/mol. The van der Waals surface area contributed by atoms with Gasteiger partial charge in [-0.25, -0.2) is 0 Å². The fourth-order valence-electron chi connectivity index (χ4n) is 2.94. The predicted molar refractivity (Wildman–Crippen MR) is 107 cm³/mol. The summed E-state index contributed by atoms with van der Waals surface area (Å²) in [5, 5.41) is 3.22. The van der Waals surface area contributed by atoms with E-state index in [0.717, 1.165) is 30.6 Å². The molecule has 7 heteroatoms. The minimum atomic E-state index is -3.89. The lowest BCUT2D eigenvalue weighted by Gasteiger charge is -2.20. The van der Waals surface area contributed by atoms with Crippen molar-refractivity contribution >= 4 is 10.1 Å². The van der Waals surface area contributed by atoms with Gasteiger partial charge in [-0.15, -0.1) is 0 Å². The molecule has 2 atom stereocenters. The van der Waals surface area contributed by atoms with Crippen LogP contribution in [-0.4, -0.2) is 46.9 Å². The third-order valence-corrected chi connectivity index (χ3v) is 5.90. The van der Waals surface area contributed by atoms with Gasteiger partial charge >= 0.3 is 0 Å². The Bertz CT molecular complexity index is 818. The minimum Gasteiger partial charge on any atom is -0.374 e. The van der Waals surface area contributed by atoms with Crippen LogP contribution in [0.15, 0.2) is 59.5 Å². The molecule has 0 aliphatic carbocycles. The van der Waals surface area contributed by atoms with Crippen molar-refractivity contribution in [3.05, 3.63) is 65.7 Å². The molecular formula is C21H27NO5S. The quantitative estimate of drug-likeness (QED) is 0.613. The normalized spacial score (nSPS) is 18.2. The number of ether oxygens (including phenoxy) is 2. The number of hydrogen-bond acceptors (Lipinski definition) is 6. The van der Waals surface area contributed by atoms with E-state index in [1.165, 1.54) is 0 Å². The third kappa shape index (κ3) is 6.39. The second kappa shape index (κ2) is 10.1. The minimum absolute atomic E-state index is 0.0716. The number of rotatable bonds is 10. The van der Waals surface area contributed by atoms with Crippen molar-refractivity contribution in [1.82, 2.24) is 5.32 Å². The first kappa shape index (κ1) is 21.0. The van der Waals surface area contributed by atoms with Gasteiger partial charge in [0.05, 0.1) is 30.8 Å². The van der Waals surface area contributed by atoms with Crippen molar-refractivity contribution in [1.29, 1.82) is 0 Å². The molecule has 0 radical (unpaired) electrons. The third-order valence-electron chi connectivity index (χ3n) is 4.52. The van der Waals surface area contributed by atoms with Gasteiger partial charge in [0.25, 0.3) is 10.1 Å². The molecule has 1 aliphatic heterocycles. The molecule has 28 heavy (non-hydrogen) atoms. The Morgan fingerprint density at radius 3 is 2.50 bits per heavy atom. The Morgan fingerprint density at radius 2 is 1.82 bits per heavy atom. The van der Waals surface area contributed by atoms with Crippen molar-refractivity contribution < 1.29 is 22.1 Å². The molecule has 1 N–H and O–H groups in total. The molecule has 0 saturated carbocycles. The number of aryl methyl sites for hydroxylation is 1. The van der Waals surface area contributed by atoms with E-state index in [0.29, 0.717) is 6.61 Å². The van der Waals surface area contributed by atoms with Crippen LogP contribution in [0.3, 0.4) is 0 Å². The van der Waals surface area contributed by atoms with Gasteiger partial charge in [0.2, 0.25) is 0 Å². The summed E-state index contributed by atoms with van der Waals surface area (Å²) in [5.41, 5.74) is 2.00. The molecule has 1 aliphatic rings. The van der Waals surface area contributed by atoms with E-state index in [2.05, 4.69) is 5.32 Å². The zero-order chi connectivity index (χ0) is 19.8. The zero-order valence-corrected chi connectivity index (χ0v) is 16.9. The number of benzene rings is 2. The van der Waals surface area contributed by atoms with E-state index in [4.69, 9.17) is 13.7 Å². The smallest absolute Gasteiger partial charge is 0.297 e. The van der Waals surface area contributed by atoms with Crippen molar-refractivity contribution in [2.75, 3.05) is 26.3 Å². The Hall–Kier alpha value is -1.77. The van der Waals surface area contributed by atoms with E-state index in [-0.39, 0.29) is 24.2 Å². The maximum atomic E-state index is 12.6. The highest BCUT2D eigenvalue weighted by Crippen LogP contribution is 2.17. The van der Waals surface area contributed by atoms with E-state index in [1.54, 1.807) is 24.3 Å². The molecule has 152 valence electrons. The highest BCUT2D eigenvalue weighted by Gasteiger charge is 2.24. The van der Waals surface area contributed by atoms with Crippen LogP contribution in [0.5, 0.6) is 0 Å². The van der Waals surface area contributed by atoms with E-state index in [1.807, 2.05) is 37.3 Å². The fraction of sp³-hybridized carbons (Fsp3) is 0.429. The summed E-state index contributed by atoms with van der Waals surface area (Å²) in [7, 11) is -3.89. The van der Waals surface area contributed by atoms with Crippen LogP contribution in [0, 0.1) is 6.92 Å². The lowest BCUT2D eigenvalue weighted by Crippen LogP contribution is -2.31. The Kier molecular flexibility index (Phi) is 7.58. The van der Waals surface area contributed by atoms with Crippen molar-refractivity contribution in [2.45, 2.75) is 37.1 Å². The first-order valence-corrected chi connectivity index (χ1v) is 10.9.